The number of fused-ring (bicyclic) bond motifs is 1. The second-order valence-corrected chi connectivity index (χ2v) is 4.48. The summed E-state index contributed by atoms with van der Waals surface area (Å²) in [6.07, 6.45) is 7.14. The van der Waals surface area contributed by atoms with Crippen molar-refractivity contribution in [1.29, 1.82) is 0 Å². The molecule has 0 amide bonds. The van der Waals surface area contributed by atoms with Gasteiger partial charge in [-0.1, -0.05) is 42.5 Å². The molecule has 0 saturated heterocycles. The van der Waals surface area contributed by atoms with Gasteiger partial charge in [-0.25, -0.2) is 0 Å². The number of benzene rings is 2. The van der Waals surface area contributed by atoms with Crippen LogP contribution in [0.25, 0.3) is 10.9 Å². The van der Waals surface area contributed by atoms with Crippen LogP contribution >= 0.6 is 0 Å². The summed E-state index contributed by atoms with van der Waals surface area (Å²) in [6.45, 7) is 0. The Labute approximate surface area is 112 Å². The third kappa shape index (κ3) is 2.68. The number of anilines is 1. The van der Waals surface area contributed by atoms with Crippen LogP contribution in [-0.4, -0.2) is 4.98 Å². The van der Waals surface area contributed by atoms with E-state index in [1.807, 2.05) is 24.4 Å². The van der Waals surface area contributed by atoms with Gasteiger partial charge in [0.25, 0.3) is 0 Å². The van der Waals surface area contributed by atoms with Crippen molar-refractivity contribution in [2.24, 2.45) is 0 Å². The first-order chi connectivity index (χ1) is 9.43. The van der Waals surface area contributed by atoms with Crippen LogP contribution < -0.4 is 5.32 Å². The summed E-state index contributed by atoms with van der Waals surface area (Å²) in [5.74, 6) is 0. The number of para-hydroxylation sites is 2. The largest absolute Gasteiger partial charge is 0.362 e. The fraction of sp³-hybridized carbons (Fsp3) is 0.0588. The molecule has 3 aromatic rings. The molecule has 1 heterocycles. The first-order valence-electron chi connectivity index (χ1n) is 6.45. The van der Waals surface area contributed by atoms with E-state index >= 15 is 0 Å². The number of hydrogen-bond donors (Lipinski definition) is 2. The van der Waals surface area contributed by atoms with Crippen molar-refractivity contribution < 1.29 is 0 Å². The van der Waals surface area contributed by atoms with Crippen molar-refractivity contribution >= 4 is 16.6 Å². The maximum Gasteiger partial charge on any atom is 0.0456 e. The van der Waals surface area contributed by atoms with Crippen molar-refractivity contribution in [3.05, 3.63) is 78.6 Å². The van der Waals surface area contributed by atoms with Crippen LogP contribution in [0.4, 0.5) is 5.69 Å². The molecule has 2 N–H and O–H groups in total. The molecular weight excluding hydrogens is 232 g/mol. The summed E-state index contributed by atoms with van der Waals surface area (Å²) in [5.41, 5.74) is 3.63. The van der Waals surface area contributed by atoms with E-state index < -0.39 is 0 Å². The Hall–Kier alpha value is -2.48. The molecule has 0 aliphatic rings. The average Bonchev–Trinajstić information content (AvgIpc) is 2.88. The minimum absolute atomic E-state index is 0.920. The minimum Gasteiger partial charge on any atom is -0.362 e. The van der Waals surface area contributed by atoms with Crippen LogP contribution in [0.3, 0.4) is 0 Å². The lowest BCUT2D eigenvalue weighted by molar-refractivity contribution is 1.28. The molecule has 0 radical (unpaired) electrons. The summed E-state index contributed by atoms with van der Waals surface area (Å²) in [7, 11) is 0. The van der Waals surface area contributed by atoms with Gasteiger partial charge in [0.2, 0.25) is 0 Å². The predicted molar refractivity (Wildman–Crippen MR) is 81.2 cm³/mol. The molecule has 0 unspecified atom stereocenters. The highest BCUT2D eigenvalue weighted by molar-refractivity contribution is 5.83. The van der Waals surface area contributed by atoms with Crippen molar-refractivity contribution in [1.82, 2.24) is 4.98 Å². The van der Waals surface area contributed by atoms with Crippen molar-refractivity contribution in [3.63, 3.8) is 0 Å². The number of allylic oxidation sites excluding steroid dienone is 1. The van der Waals surface area contributed by atoms with E-state index in [4.69, 9.17) is 0 Å². The molecule has 19 heavy (non-hydrogen) atoms. The summed E-state index contributed by atoms with van der Waals surface area (Å²) in [4.78, 5) is 3.29. The van der Waals surface area contributed by atoms with Gasteiger partial charge in [0.1, 0.15) is 0 Å². The molecule has 3 rings (SSSR count). The normalized spacial score (nSPS) is 11.2. The van der Waals surface area contributed by atoms with E-state index in [-0.39, 0.29) is 0 Å². The number of aromatic nitrogens is 1. The smallest absolute Gasteiger partial charge is 0.0456 e. The molecule has 0 aliphatic heterocycles. The van der Waals surface area contributed by atoms with E-state index in [0.717, 1.165) is 12.1 Å². The van der Waals surface area contributed by atoms with Gasteiger partial charge >= 0.3 is 0 Å². The fourth-order valence-corrected chi connectivity index (χ4v) is 2.18. The quantitative estimate of drug-likeness (QED) is 0.706. The molecule has 2 aromatic carbocycles. The molecular formula is C17H16N2. The Balaban J connectivity index is 1.66. The van der Waals surface area contributed by atoms with Gasteiger partial charge in [-0.3, -0.25) is 0 Å². The molecule has 1 aromatic heterocycles. The Kier molecular flexibility index (Phi) is 3.32. The topological polar surface area (TPSA) is 27.8 Å². The van der Waals surface area contributed by atoms with Gasteiger partial charge in [-0.15, -0.1) is 0 Å². The summed E-state index contributed by atoms with van der Waals surface area (Å²) in [6, 6.07) is 18.5. The number of hydrogen-bond acceptors (Lipinski definition) is 1. The third-order valence-corrected chi connectivity index (χ3v) is 3.15. The second kappa shape index (κ2) is 5.44. The van der Waals surface area contributed by atoms with Crippen LogP contribution in [0, 0.1) is 0 Å². The molecule has 94 valence electrons. The highest BCUT2D eigenvalue weighted by Crippen LogP contribution is 2.18. The third-order valence-electron chi connectivity index (χ3n) is 3.15. The zero-order chi connectivity index (χ0) is 12.9. The second-order valence-electron chi connectivity index (χ2n) is 4.48. The highest BCUT2D eigenvalue weighted by Gasteiger charge is 1.99. The molecule has 0 spiro atoms. The summed E-state index contributed by atoms with van der Waals surface area (Å²) in [5, 5.41) is 4.56. The van der Waals surface area contributed by atoms with Crippen molar-refractivity contribution in [3.8, 4) is 0 Å². The first kappa shape index (κ1) is 11.6. The van der Waals surface area contributed by atoms with Gasteiger partial charge in [0, 0.05) is 22.8 Å². The minimum atomic E-state index is 0.920. The molecule has 0 bridgehead atoms. The molecule has 0 atom stereocenters. The van der Waals surface area contributed by atoms with Crippen molar-refractivity contribution in [2.75, 3.05) is 5.32 Å². The van der Waals surface area contributed by atoms with Crippen LogP contribution in [0.1, 0.15) is 5.56 Å². The Morgan fingerprint density at radius 3 is 2.63 bits per heavy atom. The standard InChI is InChI=1S/C17H16N2/c1-2-8-15(9-3-1)18-12-6-7-14-13-19-17-11-5-4-10-16(14)17/h1-6,8-13,18-19H,7H2/b12-6+. The van der Waals surface area contributed by atoms with E-state index in [1.165, 1.54) is 16.5 Å². The van der Waals surface area contributed by atoms with Crippen LogP contribution in [-0.2, 0) is 6.42 Å². The molecule has 2 nitrogen and oxygen atoms in total. The molecule has 0 fully saturated rings. The lowest BCUT2D eigenvalue weighted by atomic mass is 10.1. The van der Waals surface area contributed by atoms with Crippen LogP contribution in [0.15, 0.2) is 73.1 Å². The average molecular weight is 248 g/mol. The van der Waals surface area contributed by atoms with Gasteiger partial charge < -0.3 is 10.3 Å². The monoisotopic (exact) mass is 248 g/mol. The lowest BCUT2D eigenvalue weighted by Gasteiger charge is -1.99. The highest BCUT2D eigenvalue weighted by atomic mass is 14.8. The molecule has 0 aliphatic carbocycles. The van der Waals surface area contributed by atoms with E-state index in [1.54, 1.807) is 0 Å². The fourth-order valence-electron chi connectivity index (χ4n) is 2.18. The van der Waals surface area contributed by atoms with Crippen LogP contribution in [0.2, 0.25) is 0 Å². The van der Waals surface area contributed by atoms with Crippen molar-refractivity contribution in [2.45, 2.75) is 6.42 Å². The SMILES string of the molecule is C(=C\Nc1ccccc1)/Cc1c[nH]c2ccccc12. The van der Waals surface area contributed by atoms with E-state index in [0.29, 0.717) is 0 Å². The number of aromatic amines is 1. The van der Waals surface area contributed by atoms with E-state index in [9.17, 15) is 0 Å². The first-order valence-corrected chi connectivity index (χ1v) is 6.45. The lowest BCUT2D eigenvalue weighted by Crippen LogP contribution is -1.87. The van der Waals surface area contributed by atoms with Crippen LogP contribution in [0.5, 0.6) is 0 Å². The zero-order valence-electron chi connectivity index (χ0n) is 10.6. The predicted octanol–water partition coefficient (Wildman–Crippen LogP) is 4.34. The zero-order valence-corrected chi connectivity index (χ0v) is 10.6. The van der Waals surface area contributed by atoms with Gasteiger partial charge in [0.05, 0.1) is 0 Å². The summed E-state index contributed by atoms with van der Waals surface area (Å²) >= 11 is 0. The number of nitrogens with one attached hydrogen (secondary N) is 2. The Bertz CT molecular complexity index is 681. The Morgan fingerprint density at radius 2 is 1.74 bits per heavy atom. The van der Waals surface area contributed by atoms with E-state index in [2.05, 4.69) is 59.0 Å². The summed E-state index contributed by atoms with van der Waals surface area (Å²) < 4.78 is 0. The number of H-pyrrole nitrogens is 1. The number of rotatable bonds is 4. The maximum atomic E-state index is 3.29. The molecule has 2 heteroatoms. The molecule has 0 saturated carbocycles. The van der Waals surface area contributed by atoms with Gasteiger partial charge in [-0.05, 0) is 36.4 Å². The van der Waals surface area contributed by atoms with Gasteiger partial charge in [-0.2, -0.15) is 0 Å². The van der Waals surface area contributed by atoms with Gasteiger partial charge in [0.15, 0.2) is 0 Å². The Morgan fingerprint density at radius 1 is 0.947 bits per heavy atom. The maximum absolute atomic E-state index is 3.29.